The second-order valence-electron chi connectivity index (χ2n) is 7.36. The van der Waals surface area contributed by atoms with E-state index in [1.54, 1.807) is 31.4 Å². The highest BCUT2D eigenvalue weighted by molar-refractivity contribution is 5.96. The molecule has 2 aliphatic carbocycles. The molecule has 1 aromatic carbocycles. The summed E-state index contributed by atoms with van der Waals surface area (Å²) in [6.07, 6.45) is 2.67. The first kappa shape index (κ1) is 16.6. The molecule has 128 valence electrons. The Bertz CT molecular complexity index is 693. The van der Waals surface area contributed by atoms with Crippen LogP contribution in [0.3, 0.4) is 0 Å². The van der Waals surface area contributed by atoms with Crippen LogP contribution in [0.2, 0.25) is 0 Å². The first-order valence-electron chi connectivity index (χ1n) is 8.26. The van der Waals surface area contributed by atoms with Gasteiger partial charge in [0.25, 0.3) is 5.91 Å². The van der Waals surface area contributed by atoms with Crippen molar-refractivity contribution in [2.45, 2.75) is 33.1 Å². The summed E-state index contributed by atoms with van der Waals surface area (Å²) in [5, 5.41) is 0. The summed E-state index contributed by atoms with van der Waals surface area (Å²) in [6, 6.07) is 6.72. The smallest absolute Gasteiger partial charge is 0.269 e. The van der Waals surface area contributed by atoms with Crippen LogP contribution in [0.15, 0.2) is 36.4 Å². The number of carbonyl (C=O) groups excluding carboxylic acids is 2. The number of benzene rings is 1. The molecule has 3 rings (SSSR count). The van der Waals surface area contributed by atoms with Crippen LogP contribution in [0.5, 0.6) is 5.75 Å². The van der Waals surface area contributed by atoms with E-state index in [9.17, 15) is 9.59 Å². The average Bonchev–Trinajstić information content (AvgIpc) is 3.12. The molecule has 2 atom stereocenters. The monoisotopic (exact) mass is 328 g/mol. The molecule has 2 unspecified atom stereocenters. The van der Waals surface area contributed by atoms with Crippen molar-refractivity contribution in [2.24, 2.45) is 16.7 Å². The summed E-state index contributed by atoms with van der Waals surface area (Å²) in [5.41, 5.74) is 6.02. The highest BCUT2D eigenvalue weighted by Gasteiger charge is 2.60. The van der Waals surface area contributed by atoms with Gasteiger partial charge in [-0.25, -0.2) is 0 Å². The van der Waals surface area contributed by atoms with E-state index in [0.29, 0.717) is 17.2 Å². The average molecular weight is 328 g/mol. The van der Waals surface area contributed by atoms with E-state index in [0.717, 1.165) is 24.8 Å². The molecule has 0 aliphatic heterocycles. The topological polar surface area (TPSA) is 67.4 Å². The van der Waals surface area contributed by atoms with E-state index in [2.05, 4.69) is 31.3 Å². The lowest BCUT2D eigenvalue weighted by molar-refractivity contribution is -0.129. The van der Waals surface area contributed by atoms with Crippen molar-refractivity contribution < 1.29 is 14.3 Å². The van der Waals surface area contributed by atoms with Crippen molar-refractivity contribution in [2.75, 3.05) is 7.11 Å². The fraction of sp³-hybridized carbons (Fsp3) is 0.474. The standard InChI is InChI=1S/C19H24N2O3/c1-12-18(2,3)14-9-10-19(12,11-14)17(23)21-20-16(22)13-5-7-15(24-4)8-6-13/h5-8,14H,1,9-11H2,2-4H3,(H,20,22)(H,21,23). The molecule has 2 saturated carbocycles. The van der Waals surface area contributed by atoms with Crippen LogP contribution in [0.4, 0.5) is 0 Å². The lowest BCUT2D eigenvalue weighted by Crippen LogP contribution is -2.49. The lowest BCUT2D eigenvalue weighted by atomic mass is 9.68. The molecule has 2 aliphatic rings. The summed E-state index contributed by atoms with van der Waals surface area (Å²) >= 11 is 0. The molecule has 2 N–H and O–H groups in total. The number of hydrogen-bond donors (Lipinski definition) is 2. The van der Waals surface area contributed by atoms with E-state index >= 15 is 0 Å². The molecule has 24 heavy (non-hydrogen) atoms. The minimum atomic E-state index is -0.540. The van der Waals surface area contributed by atoms with Gasteiger partial charge in [0.2, 0.25) is 5.91 Å². The van der Waals surface area contributed by atoms with Crippen LogP contribution in [0.1, 0.15) is 43.5 Å². The highest BCUT2D eigenvalue weighted by Crippen LogP contribution is 2.65. The van der Waals surface area contributed by atoms with Crippen molar-refractivity contribution in [3.63, 3.8) is 0 Å². The second-order valence-corrected chi connectivity index (χ2v) is 7.36. The summed E-state index contributed by atoms with van der Waals surface area (Å²) in [4.78, 5) is 24.9. The molecule has 0 aromatic heterocycles. The molecule has 5 nitrogen and oxygen atoms in total. The number of fused-ring (bicyclic) bond motifs is 2. The molecule has 5 heteroatoms. The zero-order valence-electron chi connectivity index (χ0n) is 14.4. The number of hydrogen-bond acceptors (Lipinski definition) is 3. The maximum Gasteiger partial charge on any atom is 0.269 e. The third-order valence-electron chi connectivity index (χ3n) is 5.97. The summed E-state index contributed by atoms with van der Waals surface area (Å²) in [6.45, 7) is 8.51. The van der Waals surface area contributed by atoms with Crippen molar-refractivity contribution >= 4 is 11.8 Å². The maximum absolute atomic E-state index is 12.8. The van der Waals surface area contributed by atoms with Crippen LogP contribution in [0, 0.1) is 16.7 Å². The van der Waals surface area contributed by atoms with E-state index < -0.39 is 5.41 Å². The maximum atomic E-state index is 12.8. The molecular weight excluding hydrogens is 304 g/mol. The Hall–Kier alpha value is -2.30. The SMILES string of the molecule is C=C1C2(C(=O)NNC(=O)c3ccc(OC)cc3)CCC(C2)C1(C)C. The van der Waals surface area contributed by atoms with Gasteiger partial charge in [0.15, 0.2) is 0 Å². The molecule has 1 aromatic rings. The first-order valence-corrected chi connectivity index (χ1v) is 8.26. The van der Waals surface area contributed by atoms with E-state index in [-0.39, 0.29) is 17.2 Å². The van der Waals surface area contributed by atoms with Crippen molar-refractivity contribution in [1.82, 2.24) is 10.9 Å². The molecule has 2 amide bonds. The molecular formula is C19H24N2O3. The van der Waals surface area contributed by atoms with Gasteiger partial charge in [0.05, 0.1) is 12.5 Å². The zero-order valence-corrected chi connectivity index (χ0v) is 14.4. The predicted octanol–water partition coefficient (Wildman–Crippen LogP) is 2.84. The Kier molecular flexibility index (Phi) is 3.90. The van der Waals surface area contributed by atoms with Crippen LogP contribution in [-0.2, 0) is 4.79 Å². The number of hydrazine groups is 1. The largest absolute Gasteiger partial charge is 0.497 e. The second kappa shape index (κ2) is 5.65. The third kappa shape index (κ3) is 2.39. The first-order chi connectivity index (χ1) is 11.3. The van der Waals surface area contributed by atoms with Crippen LogP contribution in [0.25, 0.3) is 0 Å². The van der Waals surface area contributed by atoms with Gasteiger partial charge in [-0.3, -0.25) is 20.4 Å². The Morgan fingerprint density at radius 2 is 1.88 bits per heavy atom. The van der Waals surface area contributed by atoms with Crippen LogP contribution < -0.4 is 15.6 Å². The third-order valence-corrected chi connectivity index (χ3v) is 5.97. The molecule has 2 fully saturated rings. The number of rotatable bonds is 3. The Balaban J connectivity index is 1.65. The minimum Gasteiger partial charge on any atom is -0.497 e. The minimum absolute atomic E-state index is 0.0183. The fourth-order valence-electron chi connectivity index (χ4n) is 4.19. The normalized spacial score (nSPS) is 27.0. The molecule has 0 radical (unpaired) electrons. The predicted molar refractivity (Wildman–Crippen MR) is 91.3 cm³/mol. The molecule has 0 heterocycles. The van der Waals surface area contributed by atoms with Gasteiger partial charge in [-0.15, -0.1) is 0 Å². The van der Waals surface area contributed by atoms with Crippen molar-refractivity contribution in [3.8, 4) is 5.75 Å². The van der Waals surface area contributed by atoms with Gasteiger partial charge in [0.1, 0.15) is 5.75 Å². The molecule has 0 spiro atoms. The van der Waals surface area contributed by atoms with Gasteiger partial charge in [-0.1, -0.05) is 26.0 Å². The number of methoxy groups -OCH3 is 1. The highest BCUT2D eigenvalue weighted by atomic mass is 16.5. The summed E-state index contributed by atoms with van der Waals surface area (Å²) in [5.74, 6) is 0.672. The van der Waals surface area contributed by atoms with E-state index in [1.165, 1.54) is 0 Å². The number of carbonyl (C=O) groups is 2. The Morgan fingerprint density at radius 1 is 1.21 bits per heavy atom. The number of amides is 2. The quantitative estimate of drug-likeness (QED) is 0.662. The summed E-state index contributed by atoms with van der Waals surface area (Å²) in [7, 11) is 1.57. The van der Waals surface area contributed by atoms with Crippen LogP contribution in [-0.4, -0.2) is 18.9 Å². The van der Waals surface area contributed by atoms with E-state index in [1.807, 2.05) is 0 Å². The molecule has 2 bridgehead atoms. The molecule has 0 saturated heterocycles. The zero-order chi connectivity index (χ0) is 17.5. The van der Waals surface area contributed by atoms with Gasteiger partial charge in [-0.05, 0) is 54.9 Å². The van der Waals surface area contributed by atoms with Gasteiger partial charge < -0.3 is 4.74 Å². The Labute approximate surface area is 142 Å². The Morgan fingerprint density at radius 3 is 2.42 bits per heavy atom. The lowest BCUT2D eigenvalue weighted by Gasteiger charge is -2.37. The van der Waals surface area contributed by atoms with Crippen molar-refractivity contribution in [3.05, 3.63) is 42.0 Å². The number of nitrogens with one attached hydrogen (secondary N) is 2. The fourth-order valence-corrected chi connectivity index (χ4v) is 4.19. The van der Waals surface area contributed by atoms with Gasteiger partial charge >= 0.3 is 0 Å². The summed E-state index contributed by atoms with van der Waals surface area (Å²) < 4.78 is 5.07. The van der Waals surface area contributed by atoms with Crippen LogP contribution >= 0.6 is 0 Å². The number of ether oxygens (including phenoxy) is 1. The van der Waals surface area contributed by atoms with Gasteiger partial charge in [0, 0.05) is 5.56 Å². The van der Waals surface area contributed by atoms with Gasteiger partial charge in [-0.2, -0.15) is 0 Å². The van der Waals surface area contributed by atoms with E-state index in [4.69, 9.17) is 4.74 Å². The van der Waals surface area contributed by atoms with Crippen molar-refractivity contribution in [1.29, 1.82) is 0 Å².